The highest BCUT2D eigenvalue weighted by Gasteiger charge is 2.22. The SMILES string of the molecule is COc1ccc(-c2noc(COCC3CO3)n2)cc1. The van der Waals surface area contributed by atoms with Gasteiger partial charge in [0.1, 0.15) is 18.5 Å². The van der Waals surface area contributed by atoms with E-state index in [-0.39, 0.29) is 6.10 Å². The van der Waals surface area contributed by atoms with E-state index < -0.39 is 0 Å². The topological polar surface area (TPSA) is 69.9 Å². The lowest BCUT2D eigenvalue weighted by Gasteiger charge is -1.99. The van der Waals surface area contributed by atoms with Crippen molar-refractivity contribution < 1.29 is 18.7 Å². The van der Waals surface area contributed by atoms with Gasteiger partial charge in [-0.2, -0.15) is 4.98 Å². The second-order valence-corrected chi connectivity index (χ2v) is 4.21. The van der Waals surface area contributed by atoms with Gasteiger partial charge in [0.25, 0.3) is 5.89 Å². The molecule has 0 N–H and O–H groups in total. The molecule has 0 radical (unpaired) electrons. The smallest absolute Gasteiger partial charge is 0.252 e. The molecular weight excluding hydrogens is 248 g/mol. The molecule has 0 amide bonds. The van der Waals surface area contributed by atoms with Gasteiger partial charge in [0, 0.05) is 5.56 Å². The molecule has 1 fully saturated rings. The summed E-state index contributed by atoms with van der Waals surface area (Å²) in [6.45, 7) is 1.66. The van der Waals surface area contributed by atoms with Gasteiger partial charge in [0.2, 0.25) is 5.82 Å². The van der Waals surface area contributed by atoms with Crippen LogP contribution in [0.25, 0.3) is 11.4 Å². The van der Waals surface area contributed by atoms with Crippen molar-refractivity contribution in [2.24, 2.45) is 0 Å². The van der Waals surface area contributed by atoms with E-state index in [4.69, 9.17) is 18.7 Å². The van der Waals surface area contributed by atoms with Crippen LogP contribution in [0, 0.1) is 0 Å². The van der Waals surface area contributed by atoms with Crippen LogP contribution in [0.2, 0.25) is 0 Å². The number of benzene rings is 1. The minimum atomic E-state index is 0.240. The van der Waals surface area contributed by atoms with Crippen molar-refractivity contribution in [3.05, 3.63) is 30.2 Å². The van der Waals surface area contributed by atoms with Crippen LogP contribution in [0.3, 0.4) is 0 Å². The predicted octanol–water partition coefficient (Wildman–Crippen LogP) is 1.66. The van der Waals surface area contributed by atoms with Crippen LogP contribution in [0.5, 0.6) is 5.75 Å². The van der Waals surface area contributed by atoms with E-state index in [0.29, 0.717) is 24.9 Å². The number of hydrogen-bond donors (Lipinski definition) is 0. The largest absolute Gasteiger partial charge is 0.497 e. The number of methoxy groups -OCH3 is 1. The average molecular weight is 262 g/mol. The molecule has 3 rings (SSSR count). The zero-order valence-electron chi connectivity index (χ0n) is 10.5. The molecule has 0 aliphatic carbocycles. The van der Waals surface area contributed by atoms with E-state index in [2.05, 4.69) is 10.1 Å². The van der Waals surface area contributed by atoms with Crippen molar-refractivity contribution in [1.29, 1.82) is 0 Å². The van der Waals surface area contributed by atoms with Crippen LogP contribution in [-0.2, 0) is 16.1 Å². The average Bonchev–Trinajstić information content (AvgIpc) is 3.15. The third kappa shape index (κ3) is 3.10. The molecule has 0 saturated carbocycles. The molecule has 6 heteroatoms. The summed E-state index contributed by atoms with van der Waals surface area (Å²) in [5.74, 6) is 1.80. The first-order chi connectivity index (χ1) is 9.35. The molecular formula is C13H14N2O4. The van der Waals surface area contributed by atoms with Crippen molar-refractivity contribution in [3.8, 4) is 17.1 Å². The maximum absolute atomic E-state index is 5.39. The Kier molecular flexibility index (Phi) is 3.43. The Morgan fingerprint density at radius 2 is 2.11 bits per heavy atom. The minimum absolute atomic E-state index is 0.240. The molecule has 1 unspecified atom stereocenters. The summed E-state index contributed by atoms with van der Waals surface area (Å²) in [4.78, 5) is 4.27. The number of rotatable bonds is 6. The Morgan fingerprint density at radius 3 is 2.79 bits per heavy atom. The summed E-state index contributed by atoms with van der Waals surface area (Å²) in [5.41, 5.74) is 0.876. The minimum Gasteiger partial charge on any atom is -0.497 e. The zero-order valence-corrected chi connectivity index (χ0v) is 10.5. The van der Waals surface area contributed by atoms with E-state index in [1.54, 1.807) is 7.11 Å². The molecule has 1 aliphatic heterocycles. The second kappa shape index (κ2) is 5.38. The van der Waals surface area contributed by atoms with Crippen LogP contribution in [0.1, 0.15) is 5.89 Å². The maximum atomic E-state index is 5.39. The van der Waals surface area contributed by atoms with E-state index in [0.717, 1.165) is 17.9 Å². The summed E-state index contributed by atoms with van der Waals surface area (Å²) >= 11 is 0. The van der Waals surface area contributed by atoms with Gasteiger partial charge in [0.05, 0.1) is 20.3 Å². The van der Waals surface area contributed by atoms with Crippen molar-refractivity contribution in [2.75, 3.05) is 20.3 Å². The van der Waals surface area contributed by atoms with Crippen LogP contribution < -0.4 is 4.74 Å². The molecule has 1 atom stereocenters. The zero-order chi connectivity index (χ0) is 13.1. The Balaban J connectivity index is 1.61. The Morgan fingerprint density at radius 1 is 1.32 bits per heavy atom. The van der Waals surface area contributed by atoms with Crippen LogP contribution in [-0.4, -0.2) is 36.6 Å². The highest BCUT2D eigenvalue weighted by atomic mass is 16.6. The maximum Gasteiger partial charge on any atom is 0.252 e. The fourth-order valence-electron chi connectivity index (χ4n) is 1.61. The Hall–Kier alpha value is -1.92. The van der Waals surface area contributed by atoms with Gasteiger partial charge in [-0.15, -0.1) is 0 Å². The lowest BCUT2D eigenvalue weighted by Crippen LogP contribution is -2.01. The van der Waals surface area contributed by atoms with Crippen LogP contribution in [0.4, 0.5) is 0 Å². The first kappa shape index (κ1) is 12.1. The molecule has 1 aliphatic rings. The highest BCUT2D eigenvalue weighted by molar-refractivity contribution is 5.55. The molecule has 2 heterocycles. The Labute approximate surface area is 110 Å². The van der Waals surface area contributed by atoms with Crippen molar-refractivity contribution in [1.82, 2.24) is 10.1 Å². The molecule has 1 aromatic heterocycles. The van der Waals surface area contributed by atoms with E-state index in [1.807, 2.05) is 24.3 Å². The van der Waals surface area contributed by atoms with Crippen LogP contribution in [0.15, 0.2) is 28.8 Å². The number of epoxide rings is 1. The quantitative estimate of drug-likeness (QED) is 0.737. The Bertz CT molecular complexity index is 534. The van der Waals surface area contributed by atoms with Crippen LogP contribution >= 0.6 is 0 Å². The summed E-state index contributed by atoms with van der Waals surface area (Å²) in [6, 6.07) is 7.47. The van der Waals surface area contributed by atoms with Gasteiger partial charge in [0.15, 0.2) is 0 Å². The number of ether oxygens (including phenoxy) is 3. The predicted molar refractivity (Wildman–Crippen MR) is 65.7 cm³/mol. The van der Waals surface area contributed by atoms with Crippen molar-refractivity contribution in [3.63, 3.8) is 0 Å². The second-order valence-electron chi connectivity index (χ2n) is 4.21. The molecule has 1 saturated heterocycles. The molecule has 0 bridgehead atoms. The molecule has 0 spiro atoms. The lowest BCUT2D eigenvalue weighted by atomic mass is 10.2. The van der Waals surface area contributed by atoms with Gasteiger partial charge >= 0.3 is 0 Å². The molecule has 1 aromatic carbocycles. The van der Waals surface area contributed by atoms with Gasteiger partial charge < -0.3 is 18.7 Å². The normalized spacial score (nSPS) is 17.4. The monoisotopic (exact) mass is 262 g/mol. The first-order valence-corrected chi connectivity index (χ1v) is 6.01. The standard InChI is InChI=1S/C13H14N2O4/c1-16-10-4-2-9(3-5-10)13-14-12(19-15-13)8-17-6-11-7-18-11/h2-5,11H,6-8H2,1H3. The van der Waals surface area contributed by atoms with Crippen molar-refractivity contribution >= 4 is 0 Å². The highest BCUT2D eigenvalue weighted by Crippen LogP contribution is 2.20. The van der Waals surface area contributed by atoms with E-state index >= 15 is 0 Å². The van der Waals surface area contributed by atoms with Gasteiger partial charge in [-0.05, 0) is 24.3 Å². The molecule has 19 heavy (non-hydrogen) atoms. The number of aromatic nitrogens is 2. The van der Waals surface area contributed by atoms with Gasteiger partial charge in [-0.1, -0.05) is 5.16 Å². The van der Waals surface area contributed by atoms with E-state index in [1.165, 1.54) is 0 Å². The summed E-state index contributed by atoms with van der Waals surface area (Å²) in [6.07, 6.45) is 0.240. The van der Waals surface area contributed by atoms with E-state index in [9.17, 15) is 0 Å². The number of hydrogen-bond acceptors (Lipinski definition) is 6. The fourth-order valence-corrected chi connectivity index (χ4v) is 1.61. The first-order valence-electron chi connectivity index (χ1n) is 6.01. The summed E-state index contributed by atoms with van der Waals surface area (Å²) in [5, 5.41) is 3.92. The lowest BCUT2D eigenvalue weighted by molar-refractivity contribution is 0.0842. The van der Waals surface area contributed by atoms with Gasteiger partial charge in [-0.3, -0.25) is 0 Å². The van der Waals surface area contributed by atoms with Gasteiger partial charge in [-0.25, -0.2) is 0 Å². The third-order valence-corrected chi connectivity index (χ3v) is 2.75. The fraction of sp³-hybridized carbons (Fsp3) is 0.385. The number of nitrogens with zero attached hydrogens (tertiary/aromatic N) is 2. The summed E-state index contributed by atoms with van der Waals surface area (Å²) in [7, 11) is 1.63. The molecule has 6 nitrogen and oxygen atoms in total. The summed E-state index contributed by atoms with van der Waals surface area (Å²) < 4.78 is 20.6. The molecule has 2 aromatic rings. The molecule has 100 valence electrons. The third-order valence-electron chi connectivity index (χ3n) is 2.75. The van der Waals surface area contributed by atoms with Crippen molar-refractivity contribution in [2.45, 2.75) is 12.7 Å².